The van der Waals surface area contributed by atoms with Gasteiger partial charge in [-0.05, 0) is 62.0 Å². The molecule has 2 aromatic rings. The zero-order valence-corrected chi connectivity index (χ0v) is 18.3. The lowest BCUT2D eigenvalue weighted by Crippen LogP contribution is -2.28. The summed E-state index contributed by atoms with van der Waals surface area (Å²) in [5.41, 5.74) is 5.25. The standard InChI is InChI=1S/C21H26N6O3S/c1-12-5-6-14-17(12)24-15-4-2-3-13(15)18(14)25-20(28)26-31(22,29)16-9-23-27-10-21(7-8-21)11-30-19(16)27/h9,12H,2-8,10-11H2,1H3,(H3,22,24,25,26,28,29). The molecular weight excluding hydrogens is 416 g/mol. The van der Waals surface area contributed by atoms with Crippen LogP contribution in [-0.2, 0) is 35.7 Å². The van der Waals surface area contributed by atoms with Crippen LogP contribution in [0.25, 0.3) is 0 Å². The largest absolute Gasteiger partial charge is 0.476 e. The molecule has 6 rings (SSSR count). The SMILES string of the molecule is CC1CCc2c1nc1c(c2NC(=O)N=S(N)(=O)c2cnn3c2OCC2(CC2)C3)CCC1. The highest BCUT2D eigenvalue weighted by Crippen LogP contribution is 2.50. The van der Waals surface area contributed by atoms with Gasteiger partial charge >= 0.3 is 6.03 Å². The van der Waals surface area contributed by atoms with Crippen molar-refractivity contribution >= 4 is 21.6 Å². The molecule has 1 saturated carbocycles. The van der Waals surface area contributed by atoms with Crippen LogP contribution >= 0.6 is 0 Å². The molecular formula is C21H26N6O3S. The summed E-state index contributed by atoms with van der Waals surface area (Å²) < 4.78 is 24.6. The van der Waals surface area contributed by atoms with Crippen molar-refractivity contribution in [2.45, 2.75) is 69.2 Å². The maximum Gasteiger partial charge on any atom is 0.354 e. The van der Waals surface area contributed by atoms with Gasteiger partial charge in [-0.1, -0.05) is 6.92 Å². The lowest BCUT2D eigenvalue weighted by atomic mass is 10.0. The summed E-state index contributed by atoms with van der Waals surface area (Å²) in [7, 11) is -3.49. The minimum Gasteiger partial charge on any atom is -0.476 e. The van der Waals surface area contributed by atoms with Gasteiger partial charge < -0.3 is 10.1 Å². The van der Waals surface area contributed by atoms with E-state index in [-0.39, 0.29) is 10.3 Å². The molecule has 1 spiro atoms. The summed E-state index contributed by atoms with van der Waals surface area (Å²) >= 11 is 0. The zero-order chi connectivity index (χ0) is 21.4. The van der Waals surface area contributed by atoms with Gasteiger partial charge in [-0.15, -0.1) is 4.36 Å². The number of fused-ring (bicyclic) bond motifs is 3. The number of rotatable bonds is 2. The van der Waals surface area contributed by atoms with Crippen molar-refractivity contribution in [3.63, 3.8) is 0 Å². The Labute approximate surface area is 181 Å². The van der Waals surface area contributed by atoms with Crippen molar-refractivity contribution in [1.29, 1.82) is 0 Å². The van der Waals surface area contributed by atoms with E-state index in [1.165, 1.54) is 6.20 Å². The van der Waals surface area contributed by atoms with E-state index in [1.54, 1.807) is 4.68 Å². The van der Waals surface area contributed by atoms with Crippen LogP contribution in [-0.4, -0.2) is 31.6 Å². The number of ether oxygens (including phenoxy) is 1. The van der Waals surface area contributed by atoms with Crippen LogP contribution in [0.4, 0.5) is 10.5 Å². The van der Waals surface area contributed by atoms with Crippen LogP contribution in [0.2, 0.25) is 0 Å². The van der Waals surface area contributed by atoms with Gasteiger partial charge in [-0.3, -0.25) is 4.98 Å². The van der Waals surface area contributed by atoms with E-state index >= 15 is 0 Å². The molecule has 2 atom stereocenters. The Morgan fingerprint density at radius 1 is 1.35 bits per heavy atom. The highest BCUT2D eigenvalue weighted by atomic mass is 32.2. The van der Waals surface area contributed by atoms with Crippen LogP contribution in [0.1, 0.15) is 61.0 Å². The number of carbonyl (C=O) groups excluding carboxylic acids is 1. The molecule has 9 nitrogen and oxygen atoms in total. The topological polar surface area (TPSA) is 124 Å². The van der Waals surface area contributed by atoms with Gasteiger partial charge in [0.15, 0.2) is 9.92 Å². The second kappa shape index (κ2) is 6.52. The van der Waals surface area contributed by atoms with Gasteiger partial charge in [0.25, 0.3) is 0 Å². The molecule has 0 bridgehead atoms. The van der Waals surface area contributed by atoms with Crippen molar-refractivity contribution in [1.82, 2.24) is 14.8 Å². The van der Waals surface area contributed by atoms with E-state index in [2.05, 4.69) is 21.7 Å². The number of carbonyl (C=O) groups is 1. The second-order valence-electron chi connectivity index (χ2n) is 9.42. The van der Waals surface area contributed by atoms with Crippen molar-refractivity contribution < 1.29 is 13.7 Å². The fourth-order valence-corrected chi connectivity index (χ4v) is 6.14. The molecule has 0 radical (unpaired) electrons. The first-order chi connectivity index (χ1) is 14.9. The number of aryl methyl sites for hydroxylation is 1. The predicted molar refractivity (Wildman–Crippen MR) is 114 cm³/mol. The predicted octanol–water partition coefficient (Wildman–Crippen LogP) is 2.92. The first kappa shape index (κ1) is 19.2. The highest BCUT2D eigenvalue weighted by molar-refractivity contribution is 7.91. The Morgan fingerprint density at radius 3 is 3.00 bits per heavy atom. The number of aromatic nitrogens is 3. The molecule has 3 aliphatic carbocycles. The van der Waals surface area contributed by atoms with Crippen LogP contribution in [0.15, 0.2) is 15.5 Å². The first-order valence-electron chi connectivity index (χ1n) is 10.9. The Kier molecular flexibility index (Phi) is 4.05. The summed E-state index contributed by atoms with van der Waals surface area (Å²) in [6.45, 7) is 3.44. The maximum atomic E-state index is 13.2. The first-order valence-corrected chi connectivity index (χ1v) is 12.5. The van der Waals surface area contributed by atoms with Crippen molar-refractivity contribution in [3.05, 3.63) is 28.7 Å². The van der Waals surface area contributed by atoms with Gasteiger partial charge in [-0.2, -0.15) is 5.10 Å². The molecule has 3 heterocycles. The van der Waals surface area contributed by atoms with Crippen LogP contribution in [0.3, 0.4) is 0 Å². The number of anilines is 1. The molecule has 2 amide bonds. The third kappa shape index (κ3) is 3.07. The van der Waals surface area contributed by atoms with E-state index in [0.29, 0.717) is 18.4 Å². The van der Waals surface area contributed by atoms with Gasteiger partial charge in [0.05, 0.1) is 25.0 Å². The van der Waals surface area contributed by atoms with Gasteiger partial charge in [0.1, 0.15) is 4.90 Å². The number of hydrogen-bond donors (Lipinski definition) is 2. The summed E-state index contributed by atoms with van der Waals surface area (Å²) in [4.78, 5) is 17.9. The molecule has 2 unspecified atom stereocenters. The Morgan fingerprint density at radius 2 is 2.19 bits per heavy atom. The average molecular weight is 443 g/mol. The zero-order valence-electron chi connectivity index (χ0n) is 17.5. The van der Waals surface area contributed by atoms with E-state index in [1.807, 2.05) is 0 Å². The summed E-state index contributed by atoms with van der Waals surface area (Å²) in [5, 5.41) is 13.2. The van der Waals surface area contributed by atoms with E-state index in [9.17, 15) is 9.00 Å². The normalized spacial score (nSPS) is 24.0. The van der Waals surface area contributed by atoms with Crippen molar-refractivity contribution in [3.8, 4) is 5.88 Å². The Hall–Kier alpha value is -2.46. The minimum atomic E-state index is -3.49. The average Bonchev–Trinajstić information content (AvgIpc) is 3.09. The number of urea groups is 1. The number of nitrogens with two attached hydrogens (primary N) is 1. The van der Waals surface area contributed by atoms with Crippen LogP contribution in [0.5, 0.6) is 5.88 Å². The third-order valence-corrected chi connectivity index (χ3v) is 8.48. The molecule has 10 heteroatoms. The molecule has 3 N–H and O–H groups in total. The van der Waals surface area contributed by atoms with Crippen molar-refractivity contribution in [2.75, 3.05) is 11.9 Å². The number of amides is 2. The quantitative estimate of drug-likeness (QED) is 0.740. The minimum absolute atomic E-state index is 0.152. The lowest BCUT2D eigenvalue weighted by Gasteiger charge is -2.24. The van der Waals surface area contributed by atoms with Crippen LogP contribution < -0.4 is 15.2 Å². The van der Waals surface area contributed by atoms with Gasteiger partial charge in [-0.25, -0.2) is 18.8 Å². The Balaban J connectivity index is 1.32. The molecule has 4 aliphatic rings. The van der Waals surface area contributed by atoms with Crippen molar-refractivity contribution in [2.24, 2.45) is 14.9 Å². The van der Waals surface area contributed by atoms with Gasteiger partial charge in [0.2, 0.25) is 5.88 Å². The smallest absolute Gasteiger partial charge is 0.354 e. The Bertz CT molecular complexity index is 1240. The molecule has 0 saturated heterocycles. The number of nitrogens with one attached hydrogen (secondary N) is 1. The molecule has 1 aliphatic heterocycles. The monoisotopic (exact) mass is 442 g/mol. The number of nitrogens with zero attached hydrogens (tertiary/aromatic N) is 4. The van der Waals surface area contributed by atoms with E-state index in [4.69, 9.17) is 14.9 Å². The molecule has 164 valence electrons. The summed E-state index contributed by atoms with van der Waals surface area (Å²) in [5.74, 6) is 0.735. The third-order valence-electron chi connectivity index (χ3n) is 7.13. The fraction of sp³-hybridized carbons (Fsp3) is 0.571. The number of hydrogen-bond acceptors (Lipinski definition) is 5. The fourth-order valence-electron chi connectivity index (χ4n) is 5.13. The summed E-state index contributed by atoms with van der Waals surface area (Å²) in [6.07, 6.45) is 8.33. The van der Waals surface area contributed by atoms with Gasteiger partial charge in [0, 0.05) is 16.8 Å². The maximum absolute atomic E-state index is 13.2. The van der Waals surface area contributed by atoms with E-state index < -0.39 is 15.9 Å². The second-order valence-corrected chi connectivity index (χ2v) is 11.2. The van der Waals surface area contributed by atoms with E-state index in [0.717, 1.165) is 79.7 Å². The highest BCUT2D eigenvalue weighted by Gasteiger charge is 2.48. The summed E-state index contributed by atoms with van der Waals surface area (Å²) in [6, 6.07) is -0.705. The molecule has 31 heavy (non-hydrogen) atoms. The molecule has 1 fully saturated rings. The lowest BCUT2D eigenvalue weighted by molar-refractivity contribution is 0.144. The molecule has 2 aromatic heterocycles. The molecule has 0 aromatic carbocycles. The number of pyridine rings is 1. The van der Waals surface area contributed by atoms with Crippen LogP contribution in [0, 0.1) is 5.41 Å².